The van der Waals surface area contributed by atoms with Gasteiger partial charge in [0.25, 0.3) is 0 Å². The summed E-state index contributed by atoms with van der Waals surface area (Å²) in [6.45, 7) is 30.3. The first-order chi connectivity index (χ1) is 27.4. The Kier molecular flexibility index (Phi) is 29.7. The fourth-order valence-corrected chi connectivity index (χ4v) is 6.73. The Balaban J connectivity index is 0.00000379. The van der Waals surface area contributed by atoms with E-state index in [2.05, 4.69) is 105 Å². The molecule has 8 heteroatoms. The molecule has 2 aromatic carbocycles. The molecule has 0 aliphatic carbocycles. The number of likely N-dealkylation sites (N-methyl/N-ethyl adjacent to an activating group) is 1. The number of hydrogen-bond acceptors (Lipinski definition) is 8. The van der Waals surface area contributed by atoms with Crippen molar-refractivity contribution in [2.75, 3.05) is 110 Å². The first-order valence-electron chi connectivity index (χ1n) is 21.7. The summed E-state index contributed by atoms with van der Waals surface area (Å²) in [5.41, 5.74) is 8.68. The van der Waals surface area contributed by atoms with Crippen LogP contribution in [0.5, 0.6) is 5.75 Å². The van der Waals surface area contributed by atoms with E-state index in [-0.39, 0.29) is 0 Å². The zero-order valence-electron chi connectivity index (χ0n) is 37.4. The second-order valence-electron chi connectivity index (χ2n) is 13.6. The van der Waals surface area contributed by atoms with Crippen molar-refractivity contribution in [2.45, 2.75) is 100 Å². The molecule has 1 aliphatic rings. The summed E-state index contributed by atoms with van der Waals surface area (Å²) in [7, 11) is 3.94. The smallest absolute Gasteiger partial charge is 0.142 e. The van der Waals surface area contributed by atoms with Crippen LogP contribution in [0.25, 0.3) is 0 Å². The number of rotatable bonds is 14. The van der Waals surface area contributed by atoms with E-state index in [0.717, 1.165) is 109 Å². The standard InChI is InChI=1S/C44H69N3O5.2C2H6/c1-8-16-39(18-15-28-48-7)41(9-2)46-24-14-17-40-35-37(4)19-21-42(40)45(6)25-30-50-33-34-51-31-26-47(23-12-11-13-29-49-10-3)43-22-20-38(5)36-44(43)52-32-27-46;2*1-2/h8-9,16,19-22,35-36H,2,10-15,17-18,23-34H2,1,3-7H3;2*1-2H3/b16-8-,41-39-;;. The lowest BCUT2D eigenvalue weighted by Gasteiger charge is -2.30. The van der Waals surface area contributed by atoms with Gasteiger partial charge in [-0.15, -0.1) is 0 Å². The van der Waals surface area contributed by atoms with E-state index in [1.807, 2.05) is 33.8 Å². The van der Waals surface area contributed by atoms with Crippen LogP contribution in [0.15, 0.2) is 72.5 Å². The Morgan fingerprint density at radius 3 is 2.18 bits per heavy atom. The van der Waals surface area contributed by atoms with Crippen LogP contribution < -0.4 is 14.5 Å². The third kappa shape index (κ3) is 19.7. The molecule has 0 bridgehead atoms. The number of allylic oxidation sites excluding steroid dienone is 4. The fraction of sp³-hybridized carbons (Fsp3) is 0.625. The number of unbranched alkanes of at least 4 members (excludes halogenated alkanes) is 2. The van der Waals surface area contributed by atoms with Crippen LogP contribution >= 0.6 is 0 Å². The molecule has 56 heavy (non-hydrogen) atoms. The van der Waals surface area contributed by atoms with Crippen molar-refractivity contribution in [1.82, 2.24) is 4.90 Å². The largest absolute Gasteiger partial charge is 0.490 e. The summed E-state index contributed by atoms with van der Waals surface area (Å²) in [6.07, 6.45) is 13.5. The molecule has 2 aromatic rings. The number of anilines is 2. The second kappa shape index (κ2) is 32.8. The minimum atomic E-state index is 0.559. The Morgan fingerprint density at radius 2 is 1.50 bits per heavy atom. The summed E-state index contributed by atoms with van der Waals surface area (Å²) in [4.78, 5) is 7.23. The van der Waals surface area contributed by atoms with Crippen molar-refractivity contribution in [3.8, 4) is 5.75 Å². The van der Waals surface area contributed by atoms with E-state index in [9.17, 15) is 0 Å². The molecule has 0 unspecified atom stereocenters. The lowest BCUT2D eigenvalue weighted by atomic mass is 10.0. The highest BCUT2D eigenvalue weighted by Crippen LogP contribution is 2.31. The Labute approximate surface area is 343 Å². The monoisotopic (exact) mass is 780 g/mol. The molecule has 1 heterocycles. The summed E-state index contributed by atoms with van der Waals surface area (Å²) in [5.74, 6) is 0.925. The van der Waals surface area contributed by atoms with E-state index in [1.165, 1.54) is 33.6 Å². The van der Waals surface area contributed by atoms with Crippen LogP contribution in [0.3, 0.4) is 0 Å². The summed E-state index contributed by atoms with van der Waals surface area (Å²) >= 11 is 0. The molecule has 0 N–H and O–H groups in total. The van der Waals surface area contributed by atoms with E-state index in [1.54, 1.807) is 7.11 Å². The predicted octanol–water partition coefficient (Wildman–Crippen LogP) is 10.6. The molecule has 0 saturated heterocycles. The average molecular weight is 780 g/mol. The molecule has 0 atom stereocenters. The summed E-state index contributed by atoms with van der Waals surface area (Å²) in [6, 6.07) is 13.4. The predicted molar refractivity (Wildman–Crippen MR) is 241 cm³/mol. The molecule has 0 radical (unpaired) electrons. The van der Waals surface area contributed by atoms with Gasteiger partial charge >= 0.3 is 0 Å². The number of fused-ring (bicyclic) bond motifs is 2. The Hall–Kier alpha value is -3.30. The van der Waals surface area contributed by atoms with Crippen molar-refractivity contribution in [2.24, 2.45) is 0 Å². The summed E-state index contributed by atoms with van der Waals surface area (Å²) < 4.78 is 29.9. The number of methoxy groups -OCH3 is 1. The van der Waals surface area contributed by atoms with Gasteiger partial charge in [-0.25, -0.2) is 0 Å². The number of hydrogen-bond donors (Lipinski definition) is 0. The lowest BCUT2D eigenvalue weighted by molar-refractivity contribution is 0.0531. The lowest BCUT2D eigenvalue weighted by Crippen LogP contribution is -2.31. The first-order valence-corrected chi connectivity index (χ1v) is 21.7. The molecule has 318 valence electrons. The van der Waals surface area contributed by atoms with Gasteiger partial charge in [-0.2, -0.15) is 0 Å². The van der Waals surface area contributed by atoms with Crippen LogP contribution in [0.2, 0.25) is 0 Å². The molecule has 8 nitrogen and oxygen atoms in total. The van der Waals surface area contributed by atoms with Gasteiger partial charge in [0, 0.05) is 71.5 Å². The Morgan fingerprint density at radius 1 is 0.804 bits per heavy atom. The van der Waals surface area contributed by atoms with Crippen molar-refractivity contribution >= 4 is 11.4 Å². The van der Waals surface area contributed by atoms with Gasteiger partial charge in [-0.05, 0) is 114 Å². The maximum Gasteiger partial charge on any atom is 0.142 e. The molecule has 1 aliphatic heterocycles. The minimum Gasteiger partial charge on any atom is -0.490 e. The molecular weight excluding hydrogens is 699 g/mol. The third-order valence-corrected chi connectivity index (χ3v) is 9.49. The first kappa shape index (κ1) is 50.7. The van der Waals surface area contributed by atoms with Gasteiger partial charge in [0.2, 0.25) is 0 Å². The van der Waals surface area contributed by atoms with Crippen molar-refractivity contribution in [3.05, 3.63) is 89.2 Å². The quantitative estimate of drug-likeness (QED) is 0.139. The van der Waals surface area contributed by atoms with Crippen LogP contribution in [0.4, 0.5) is 11.4 Å². The normalized spacial score (nSPS) is 15.5. The molecule has 3 rings (SSSR count). The topological polar surface area (TPSA) is 55.9 Å². The average Bonchev–Trinajstić information content (AvgIpc) is 3.21. The van der Waals surface area contributed by atoms with Crippen LogP contribution in [0.1, 0.15) is 96.8 Å². The zero-order valence-corrected chi connectivity index (χ0v) is 37.4. The molecule has 0 fully saturated rings. The fourth-order valence-electron chi connectivity index (χ4n) is 6.73. The highest BCUT2D eigenvalue weighted by atomic mass is 16.5. The van der Waals surface area contributed by atoms with E-state index in [0.29, 0.717) is 33.0 Å². The molecule has 0 saturated carbocycles. The highest BCUT2D eigenvalue weighted by molar-refractivity contribution is 5.60. The van der Waals surface area contributed by atoms with Crippen LogP contribution in [-0.2, 0) is 25.4 Å². The number of nitrogens with zero attached hydrogens (tertiary/aromatic N) is 3. The number of benzene rings is 2. The van der Waals surface area contributed by atoms with Gasteiger partial charge < -0.3 is 38.4 Å². The zero-order chi connectivity index (χ0) is 41.4. The van der Waals surface area contributed by atoms with E-state index in [4.69, 9.17) is 23.7 Å². The highest BCUT2D eigenvalue weighted by Gasteiger charge is 2.17. The third-order valence-electron chi connectivity index (χ3n) is 9.49. The van der Waals surface area contributed by atoms with Gasteiger partial charge in [-0.3, -0.25) is 0 Å². The molecule has 0 aromatic heterocycles. The SMILES string of the molecule is C=C/C(=C(\C=C/C)CCCOC)N1CCCc2cc(C)ccc2N(C)CCOCCOCCN(CCCCCOCC)c2ccc(C)cc2OCC1.CC.CC. The van der Waals surface area contributed by atoms with Crippen molar-refractivity contribution in [3.63, 3.8) is 0 Å². The molecular formula is C48H81N3O5. The van der Waals surface area contributed by atoms with Gasteiger partial charge in [0.1, 0.15) is 12.4 Å². The minimum absolute atomic E-state index is 0.559. The van der Waals surface area contributed by atoms with Crippen LogP contribution in [0, 0.1) is 13.8 Å². The second-order valence-corrected chi connectivity index (χ2v) is 13.6. The van der Waals surface area contributed by atoms with Crippen molar-refractivity contribution < 1.29 is 23.7 Å². The maximum atomic E-state index is 6.74. The number of aryl methyl sites for hydroxylation is 3. The van der Waals surface area contributed by atoms with Gasteiger partial charge in [0.05, 0.1) is 38.7 Å². The molecule has 0 amide bonds. The summed E-state index contributed by atoms with van der Waals surface area (Å²) in [5, 5.41) is 0. The van der Waals surface area contributed by atoms with Crippen LogP contribution in [-0.4, -0.2) is 105 Å². The Bertz CT molecular complexity index is 1360. The maximum absolute atomic E-state index is 6.74. The molecule has 0 spiro atoms. The van der Waals surface area contributed by atoms with Gasteiger partial charge in [-0.1, -0.05) is 70.2 Å². The van der Waals surface area contributed by atoms with E-state index < -0.39 is 0 Å². The van der Waals surface area contributed by atoms with Gasteiger partial charge in [0.15, 0.2) is 0 Å². The number of ether oxygens (including phenoxy) is 5. The van der Waals surface area contributed by atoms with E-state index >= 15 is 0 Å². The van der Waals surface area contributed by atoms with Crippen molar-refractivity contribution in [1.29, 1.82) is 0 Å².